The smallest absolute Gasteiger partial charge is 0.0443 e. The monoisotopic (exact) mass is 196 g/mol. The van der Waals surface area contributed by atoms with Gasteiger partial charge in [-0.05, 0) is 36.6 Å². The molecule has 0 aliphatic carbocycles. The molecule has 0 heterocycles. The lowest BCUT2D eigenvalue weighted by Gasteiger charge is -2.03. The Bertz CT molecular complexity index is 287. The van der Waals surface area contributed by atoms with E-state index in [9.17, 15) is 0 Å². The molecule has 0 atom stereocenters. The molecule has 0 unspecified atom stereocenters. The minimum absolute atomic E-state index is 0.819. The van der Waals surface area contributed by atoms with Crippen molar-refractivity contribution in [1.29, 1.82) is 0 Å². The van der Waals surface area contributed by atoms with Gasteiger partial charge in [0.1, 0.15) is 0 Å². The first-order valence-corrected chi connectivity index (χ1v) is 4.92. The summed E-state index contributed by atoms with van der Waals surface area (Å²) in [6.07, 6.45) is 1.83. The van der Waals surface area contributed by atoms with Gasteiger partial charge in [-0.25, -0.2) is 0 Å². The van der Waals surface area contributed by atoms with E-state index in [4.69, 9.17) is 11.6 Å². The Balaban J connectivity index is 0.000000671. The zero-order chi connectivity index (χ0) is 10.4. The summed E-state index contributed by atoms with van der Waals surface area (Å²) in [4.78, 5) is 0. The van der Waals surface area contributed by atoms with Gasteiger partial charge in [0.05, 0.1) is 0 Å². The van der Waals surface area contributed by atoms with Crippen LogP contribution in [-0.2, 0) is 0 Å². The van der Waals surface area contributed by atoms with Crippen LogP contribution in [0.3, 0.4) is 0 Å². The molecular formula is C12H17Cl. The first-order chi connectivity index (χ1) is 6.15. The van der Waals surface area contributed by atoms with Gasteiger partial charge in [-0.2, -0.15) is 0 Å². The van der Waals surface area contributed by atoms with E-state index < -0.39 is 0 Å². The van der Waals surface area contributed by atoms with E-state index >= 15 is 0 Å². The highest BCUT2D eigenvalue weighted by Crippen LogP contribution is 2.21. The first-order valence-electron chi connectivity index (χ1n) is 4.54. The maximum atomic E-state index is 5.95. The van der Waals surface area contributed by atoms with Gasteiger partial charge in [-0.1, -0.05) is 44.2 Å². The van der Waals surface area contributed by atoms with Crippen LogP contribution in [0, 0.1) is 13.8 Å². The largest absolute Gasteiger partial charge is 0.0985 e. The quantitative estimate of drug-likeness (QED) is 0.615. The standard InChI is InChI=1S/C10H11Cl.C2H6/c1-4-9-5-7(2)6-10(11)8(9)3;1-2/h4-6H,1H2,2-3H3;1-2H3. The second-order valence-corrected chi connectivity index (χ2v) is 3.07. The van der Waals surface area contributed by atoms with Crippen molar-refractivity contribution < 1.29 is 0 Å². The Morgan fingerprint density at radius 3 is 2.23 bits per heavy atom. The van der Waals surface area contributed by atoms with Crippen molar-refractivity contribution in [3.05, 3.63) is 40.4 Å². The van der Waals surface area contributed by atoms with Crippen LogP contribution in [0.15, 0.2) is 18.7 Å². The fourth-order valence-corrected chi connectivity index (χ4v) is 1.33. The summed E-state index contributed by atoms with van der Waals surface area (Å²) in [5.74, 6) is 0. The third kappa shape index (κ3) is 3.23. The van der Waals surface area contributed by atoms with Crippen molar-refractivity contribution in [2.45, 2.75) is 27.7 Å². The summed E-state index contributed by atoms with van der Waals surface area (Å²) in [6, 6.07) is 4.04. The topological polar surface area (TPSA) is 0 Å². The van der Waals surface area contributed by atoms with Crippen molar-refractivity contribution in [2.75, 3.05) is 0 Å². The molecule has 0 N–H and O–H groups in total. The molecule has 0 fully saturated rings. The maximum absolute atomic E-state index is 5.95. The van der Waals surface area contributed by atoms with Crippen LogP contribution in [0.2, 0.25) is 5.02 Å². The molecule has 0 nitrogen and oxygen atoms in total. The van der Waals surface area contributed by atoms with E-state index in [1.807, 2.05) is 39.8 Å². The molecule has 0 aliphatic rings. The average molecular weight is 197 g/mol. The van der Waals surface area contributed by atoms with E-state index in [-0.39, 0.29) is 0 Å². The molecule has 0 spiro atoms. The minimum Gasteiger partial charge on any atom is -0.0985 e. The van der Waals surface area contributed by atoms with Gasteiger partial charge in [0, 0.05) is 5.02 Å². The number of rotatable bonds is 1. The second-order valence-electron chi connectivity index (χ2n) is 2.67. The van der Waals surface area contributed by atoms with Gasteiger partial charge in [-0.15, -0.1) is 0 Å². The van der Waals surface area contributed by atoms with Crippen molar-refractivity contribution in [1.82, 2.24) is 0 Å². The Labute approximate surface area is 86.2 Å². The van der Waals surface area contributed by atoms with Crippen molar-refractivity contribution in [3.8, 4) is 0 Å². The van der Waals surface area contributed by atoms with Crippen LogP contribution >= 0.6 is 11.6 Å². The summed E-state index contributed by atoms with van der Waals surface area (Å²) < 4.78 is 0. The predicted octanol–water partition coefficient (Wildman–Crippen LogP) is 4.63. The molecule has 13 heavy (non-hydrogen) atoms. The van der Waals surface area contributed by atoms with Crippen LogP contribution in [0.1, 0.15) is 30.5 Å². The molecule has 0 amide bonds. The summed E-state index contributed by atoms with van der Waals surface area (Å²) in [5.41, 5.74) is 3.40. The van der Waals surface area contributed by atoms with Crippen LogP contribution in [-0.4, -0.2) is 0 Å². The predicted molar refractivity (Wildman–Crippen MR) is 62.4 cm³/mol. The second kappa shape index (κ2) is 5.82. The highest BCUT2D eigenvalue weighted by molar-refractivity contribution is 6.31. The Hall–Kier alpha value is -0.750. The maximum Gasteiger partial charge on any atom is 0.0443 e. The molecule has 1 heteroatoms. The summed E-state index contributed by atoms with van der Waals surface area (Å²) in [6.45, 7) is 11.7. The lowest BCUT2D eigenvalue weighted by Crippen LogP contribution is -1.83. The molecule has 0 bridgehead atoms. The molecule has 0 radical (unpaired) electrons. The normalized spacial score (nSPS) is 8.69. The molecular weight excluding hydrogens is 180 g/mol. The third-order valence-electron chi connectivity index (χ3n) is 1.75. The van der Waals surface area contributed by atoms with E-state index in [2.05, 4.69) is 12.6 Å². The fraction of sp³-hybridized carbons (Fsp3) is 0.333. The minimum atomic E-state index is 0.819. The number of hydrogen-bond acceptors (Lipinski definition) is 0. The summed E-state index contributed by atoms with van der Waals surface area (Å²) in [7, 11) is 0. The third-order valence-corrected chi connectivity index (χ3v) is 2.14. The number of benzene rings is 1. The van der Waals surface area contributed by atoms with Crippen LogP contribution in [0.25, 0.3) is 6.08 Å². The van der Waals surface area contributed by atoms with Crippen LogP contribution < -0.4 is 0 Å². The van der Waals surface area contributed by atoms with Gasteiger partial charge in [0.25, 0.3) is 0 Å². The first kappa shape index (κ1) is 12.2. The Morgan fingerprint density at radius 1 is 1.23 bits per heavy atom. The van der Waals surface area contributed by atoms with Crippen LogP contribution in [0.4, 0.5) is 0 Å². The number of hydrogen-bond donors (Lipinski definition) is 0. The molecule has 0 aromatic heterocycles. The lowest BCUT2D eigenvalue weighted by atomic mass is 10.1. The van der Waals surface area contributed by atoms with Crippen molar-refractivity contribution in [3.63, 3.8) is 0 Å². The number of halogens is 1. The van der Waals surface area contributed by atoms with E-state index in [1.54, 1.807) is 0 Å². The van der Waals surface area contributed by atoms with E-state index in [0.717, 1.165) is 16.1 Å². The van der Waals surface area contributed by atoms with E-state index in [0.29, 0.717) is 0 Å². The molecule has 1 aromatic rings. The highest BCUT2D eigenvalue weighted by Gasteiger charge is 1.99. The van der Waals surface area contributed by atoms with E-state index in [1.165, 1.54) is 5.56 Å². The summed E-state index contributed by atoms with van der Waals surface area (Å²) >= 11 is 5.95. The Morgan fingerprint density at radius 2 is 1.77 bits per heavy atom. The molecule has 1 aromatic carbocycles. The number of aryl methyl sites for hydroxylation is 1. The van der Waals surface area contributed by atoms with Crippen molar-refractivity contribution in [2.24, 2.45) is 0 Å². The average Bonchev–Trinajstić information content (AvgIpc) is 2.14. The van der Waals surface area contributed by atoms with Gasteiger partial charge in [0.15, 0.2) is 0 Å². The van der Waals surface area contributed by atoms with Crippen molar-refractivity contribution >= 4 is 17.7 Å². The van der Waals surface area contributed by atoms with Gasteiger partial charge >= 0.3 is 0 Å². The van der Waals surface area contributed by atoms with Gasteiger partial charge < -0.3 is 0 Å². The summed E-state index contributed by atoms with van der Waals surface area (Å²) in [5, 5.41) is 0.819. The zero-order valence-corrected chi connectivity index (χ0v) is 9.57. The SMILES string of the molecule is C=Cc1cc(C)cc(Cl)c1C.CC. The molecule has 1 rings (SSSR count). The lowest BCUT2D eigenvalue weighted by molar-refractivity contribution is 1.38. The fourth-order valence-electron chi connectivity index (χ4n) is 1.05. The molecule has 0 aliphatic heterocycles. The molecule has 0 saturated heterocycles. The Kier molecular flexibility index (Phi) is 5.48. The molecule has 72 valence electrons. The zero-order valence-electron chi connectivity index (χ0n) is 8.82. The van der Waals surface area contributed by atoms with Gasteiger partial charge in [0.2, 0.25) is 0 Å². The molecule has 0 saturated carbocycles. The highest BCUT2D eigenvalue weighted by atomic mass is 35.5. The van der Waals surface area contributed by atoms with Crippen LogP contribution in [0.5, 0.6) is 0 Å². The van der Waals surface area contributed by atoms with Gasteiger partial charge in [-0.3, -0.25) is 0 Å².